The molecule has 0 bridgehead atoms. The van der Waals surface area contributed by atoms with Gasteiger partial charge in [0, 0.05) is 49.3 Å². The number of benzene rings is 1. The lowest BCUT2D eigenvalue weighted by Crippen LogP contribution is -2.49. The summed E-state index contributed by atoms with van der Waals surface area (Å²) >= 11 is 0. The van der Waals surface area contributed by atoms with Crippen molar-refractivity contribution in [3.05, 3.63) is 54.4 Å². The molecule has 4 rings (SSSR count). The standard InChI is InChI=1S/C21H25N5O.CH4O3S/c1-15(2)23-18-8-5-9-22-20(18)25-10-12-26(13-11-25)21(27)19-14-16-6-3-4-7-17(16)24-19;1-5(2,3)4/h3-9,14-15,23-24H,10-13H2,1-2H3;1H3,(H,2,3,4). The van der Waals surface area contributed by atoms with E-state index in [-0.39, 0.29) is 5.91 Å². The number of carbonyl (C=O) groups is 1. The Morgan fingerprint density at radius 2 is 1.78 bits per heavy atom. The van der Waals surface area contributed by atoms with Gasteiger partial charge >= 0.3 is 0 Å². The summed E-state index contributed by atoms with van der Waals surface area (Å²) in [4.78, 5) is 24.8. The van der Waals surface area contributed by atoms with E-state index in [1.54, 1.807) is 0 Å². The molecule has 1 aliphatic heterocycles. The van der Waals surface area contributed by atoms with Crippen LogP contribution >= 0.6 is 0 Å². The maximum absolute atomic E-state index is 12.9. The maximum atomic E-state index is 12.9. The first kappa shape index (κ1) is 23.6. The highest BCUT2D eigenvalue weighted by Gasteiger charge is 2.25. The third-order valence-electron chi connectivity index (χ3n) is 4.86. The minimum Gasteiger partial charge on any atom is -0.380 e. The number of nitrogens with zero attached hydrogens (tertiary/aromatic N) is 3. The quantitative estimate of drug-likeness (QED) is 0.513. The molecule has 172 valence electrons. The van der Waals surface area contributed by atoms with Gasteiger partial charge in [0.25, 0.3) is 16.0 Å². The Labute approximate surface area is 188 Å². The van der Waals surface area contributed by atoms with E-state index in [2.05, 4.69) is 40.1 Å². The van der Waals surface area contributed by atoms with E-state index in [1.807, 2.05) is 47.5 Å². The van der Waals surface area contributed by atoms with Gasteiger partial charge in [-0.3, -0.25) is 9.35 Å². The average molecular weight is 460 g/mol. The molecule has 0 atom stereocenters. The van der Waals surface area contributed by atoms with Gasteiger partial charge in [0.2, 0.25) is 0 Å². The van der Waals surface area contributed by atoms with Gasteiger partial charge in [0.05, 0.1) is 11.9 Å². The number of aromatic amines is 1. The Balaban J connectivity index is 0.000000523. The van der Waals surface area contributed by atoms with Crippen LogP contribution in [-0.4, -0.2) is 72.2 Å². The van der Waals surface area contributed by atoms with Crippen molar-refractivity contribution in [1.82, 2.24) is 14.9 Å². The van der Waals surface area contributed by atoms with E-state index in [1.165, 1.54) is 0 Å². The fourth-order valence-corrected chi connectivity index (χ4v) is 3.55. The molecule has 32 heavy (non-hydrogen) atoms. The number of hydrogen-bond donors (Lipinski definition) is 3. The third-order valence-corrected chi connectivity index (χ3v) is 4.86. The molecule has 10 heteroatoms. The Hall–Kier alpha value is -3.11. The summed E-state index contributed by atoms with van der Waals surface area (Å²) in [6.45, 7) is 7.16. The Morgan fingerprint density at radius 3 is 2.41 bits per heavy atom. The number of H-pyrrole nitrogens is 1. The van der Waals surface area contributed by atoms with Crippen molar-refractivity contribution in [1.29, 1.82) is 0 Å². The lowest BCUT2D eigenvalue weighted by atomic mass is 10.2. The number of para-hydroxylation sites is 1. The fourth-order valence-electron chi connectivity index (χ4n) is 3.55. The van der Waals surface area contributed by atoms with Crippen molar-refractivity contribution in [2.75, 3.05) is 42.7 Å². The van der Waals surface area contributed by atoms with Crippen LogP contribution in [0.5, 0.6) is 0 Å². The van der Waals surface area contributed by atoms with Crippen molar-refractivity contribution in [3.63, 3.8) is 0 Å². The van der Waals surface area contributed by atoms with Crippen LogP contribution in [0.4, 0.5) is 11.5 Å². The van der Waals surface area contributed by atoms with Crippen molar-refractivity contribution in [2.24, 2.45) is 0 Å². The van der Waals surface area contributed by atoms with E-state index >= 15 is 0 Å². The van der Waals surface area contributed by atoms with Crippen molar-refractivity contribution < 1.29 is 17.8 Å². The Kier molecular flexibility index (Phi) is 7.37. The minimum atomic E-state index is -3.67. The maximum Gasteiger partial charge on any atom is 0.270 e. The molecule has 0 unspecified atom stereocenters. The predicted molar refractivity (Wildman–Crippen MR) is 127 cm³/mol. The summed E-state index contributed by atoms with van der Waals surface area (Å²) in [6.07, 6.45) is 2.54. The second-order valence-electron chi connectivity index (χ2n) is 7.96. The van der Waals surface area contributed by atoms with E-state index in [0.29, 0.717) is 31.1 Å². The molecule has 1 aromatic carbocycles. The van der Waals surface area contributed by atoms with Gasteiger partial charge in [-0.15, -0.1) is 0 Å². The first-order chi connectivity index (χ1) is 15.1. The van der Waals surface area contributed by atoms with Crippen LogP contribution in [0, 0.1) is 0 Å². The van der Waals surface area contributed by atoms with E-state index in [9.17, 15) is 13.2 Å². The molecule has 1 fully saturated rings. The third kappa shape index (κ3) is 6.44. The van der Waals surface area contributed by atoms with Crippen LogP contribution in [0.25, 0.3) is 10.9 Å². The zero-order valence-electron chi connectivity index (χ0n) is 18.4. The zero-order valence-corrected chi connectivity index (χ0v) is 19.3. The molecule has 1 saturated heterocycles. The van der Waals surface area contributed by atoms with Crippen molar-refractivity contribution >= 4 is 38.4 Å². The molecular weight excluding hydrogens is 430 g/mol. The van der Waals surface area contributed by atoms with Crippen LogP contribution in [0.2, 0.25) is 0 Å². The van der Waals surface area contributed by atoms with Gasteiger partial charge in [-0.2, -0.15) is 8.42 Å². The summed E-state index contributed by atoms with van der Waals surface area (Å²) in [6, 6.07) is 14.3. The average Bonchev–Trinajstić information content (AvgIpc) is 3.16. The largest absolute Gasteiger partial charge is 0.380 e. The zero-order chi connectivity index (χ0) is 23.3. The molecule has 1 amide bonds. The SMILES string of the molecule is CC(C)Nc1cccnc1N1CCN(C(=O)c2cc3ccccc3[nH]2)CC1.CS(=O)(=O)O. The molecule has 2 aromatic heterocycles. The number of nitrogens with one attached hydrogen (secondary N) is 2. The fraction of sp³-hybridized carbons (Fsp3) is 0.364. The summed E-state index contributed by atoms with van der Waals surface area (Å²) in [5.41, 5.74) is 2.70. The number of aromatic nitrogens is 2. The number of rotatable bonds is 4. The van der Waals surface area contributed by atoms with Gasteiger partial charge in [-0.1, -0.05) is 18.2 Å². The van der Waals surface area contributed by atoms with Crippen molar-refractivity contribution in [2.45, 2.75) is 19.9 Å². The molecule has 3 N–H and O–H groups in total. The highest BCUT2D eigenvalue weighted by Crippen LogP contribution is 2.25. The second kappa shape index (κ2) is 10.0. The van der Waals surface area contributed by atoms with Crippen LogP contribution in [0.15, 0.2) is 48.7 Å². The number of amides is 1. The molecule has 1 aliphatic rings. The normalized spacial score (nSPS) is 14.3. The number of carbonyl (C=O) groups excluding carboxylic acids is 1. The summed E-state index contributed by atoms with van der Waals surface area (Å²) < 4.78 is 25.9. The number of anilines is 2. The summed E-state index contributed by atoms with van der Waals surface area (Å²) in [5.74, 6) is 1.02. The topological polar surface area (TPSA) is 119 Å². The predicted octanol–water partition coefficient (Wildman–Crippen LogP) is 2.85. The number of piperazine rings is 1. The second-order valence-corrected chi connectivity index (χ2v) is 9.42. The van der Waals surface area contributed by atoms with Gasteiger partial charge < -0.3 is 20.1 Å². The number of hydrogen-bond acceptors (Lipinski definition) is 6. The molecule has 0 saturated carbocycles. The van der Waals surface area contributed by atoms with Gasteiger partial charge in [0.15, 0.2) is 5.82 Å². The van der Waals surface area contributed by atoms with Gasteiger partial charge in [-0.05, 0) is 38.1 Å². The molecule has 9 nitrogen and oxygen atoms in total. The molecular formula is C22H29N5O4S. The van der Waals surface area contributed by atoms with Crippen LogP contribution in [-0.2, 0) is 10.1 Å². The number of fused-ring (bicyclic) bond motifs is 1. The van der Waals surface area contributed by atoms with Gasteiger partial charge in [0.1, 0.15) is 5.69 Å². The van der Waals surface area contributed by atoms with Crippen LogP contribution in [0.3, 0.4) is 0 Å². The summed E-state index contributed by atoms with van der Waals surface area (Å²) in [5, 5.41) is 4.52. The molecule has 0 spiro atoms. The van der Waals surface area contributed by atoms with E-state index in [4.69, 9.17) is 4.55 Å². The van der Waals surface area contributed by atoms with Crippen LogP contribution in [0.1, 0.15) is 24.3 Å². The Bertz CT molecular complexity index is 1130. The Morgan fingerprint density at radius 1 is 1.12 bits per heavy atom. The first-order valence-corrected chi connectivity index (χ1v) is 12.2. The number of pyridine rings is 1. The first-order valence-electron chi connectivity index (χ1n) is 10.4. The summed E-state index contributed by atoms with van der Waals surface area (Å²) in [7, 11) is -3.67. The van der Waals surface area contributed by atoms with E-state index in [0.717, 1.165) is 35.5 Å². The smallest absolute Gasteiger partial charge is 0.270 e. The molecule has 0 radical (unpaired) electrons. The van der Waals surface area contributed by atoms with Gasteiger partial charge in [-0.25, -0.2) is 4.98 Å². The highest BCUT2D eigenvalue weighted by molar-refractivity contribution is 7.85. The minimum absolute atomic E-state index is 0.0624. The lowest BCUT2D eigenvalue weighted by Gasteiger charge is -2.36. The lowest BCUT2D eigenvalue weighted by molar-refractivity contribution is 0.0741. The van der Waals surface area contributed by atoms with E-state index < -0.39 is 10.1 Å². The molecule has 3 heterocycles. The molecule has 0 aliphatic carbocycles. The monoisotopic (exact) mass is 459 g/mol. The molecule has 3 aromatic rings. The van der Waals surface area contributed by atoms with Crippen molar-refractivity contribution in [3.8, 4) is 0 Å². The van der Waals surface area contributed by atoms with Crippen LogP contribution < -0.4 is 10.2 Å². The highest BCUT2D eigenvalue weighted by atomic mass is 32.2.